The molecule has 110 valence electrons. The molecule has 2 amide bonds. The van der Waals surface area contributed by atoms with Crippen molar-refractivity contribution in [3.8, 4) is 5.75 Å². The van der Waals surface area contributed by atoms with Gasteiger partial charge in [0.15, 0.2) is 0 Å². The van der Waals surface area contributed by atoms with Crippen molar-refractivity contribution in [2.75, 3.05) is 26.9 Å². The van der Waals surface area contributed by atoms with Gasteiger partial charge in [-0.2, -0.15) is 0 Å². The van der Waals surface area contributed by atoms with Crippen LogP contribution < -0.4 is 15.4 Å². The first-order valence-electron chi connectivity index (χ1n) is 6.97. The number of fused-ring (bicyclic) bond motifs is 1. The van der Waals surface area contributed by atoms with Gasteiger partial charge >= 0.3 is 6.03 Å². The summed E-state index contributed by atoms with van der Waals surface area (Å²) >= 11 is 0. The van der Waals surface area contributed by atoms with E-state index in [0.717, 1.165) is 25.2 Å². The quantitative estimate of drug-likeness (QED) is 0.775. The second-order valence-electron chi connectivity index (χ2n) is 5.04. The summed E-state index contributed by atoms with van der Waals surface area (Å²) in [5.74, 6) is 0.992. The number of methoxy groups -OCH3 is 1. The number of ether oxygens (including phenoxy) is 2. The Labute approximate surface area is 119 Å². The van der Waals surface area contributed by atoms with Crippen molar-refractivity contribution in [1.29, 1.82) is 0 Å². The smallest absolute Gasteiger partial charge is 0.315 e. The van der Waals surface area contributed by atoms with Gasteiger partial charge in [-0.05, 0) is 30.5 Å². The first-order valence-corrected chi connectivity index (χ1v) is 6.97. The average molecular weight is 278 g/mol. The molecule has 0 saturated carbocycles. The van der Waals surface area contributed by atoms with Crippen LogP contribution in [0.5, 0.6) is 5.75 Å². The fraction of sp³-hybridized carbons (Fsp3) is 0.533. The standard InChI is InChI=1S/C15H22N2O3/c1-11(17-15(18)16-6-8-19-2)9-12-3-4-14-13(10-12)5-7-20-14/h3-4,10-11H,5-9H2,1-2H3,(H2,16,17,18). The number of hydrogen-bond donors (Lipinski definition) is 2. The zero-order chi connectivity index (χ0) is 14.4. The lowest BCUT2D eigenvalue weighted by molar-refractivity contribution is 0.195. The summed E-state index contributed by atoms with van der Waals surface area (Å²) in [6.45, 7) is 3.81. The van der Waals surface area contributed by atoms with Crippen LogP contribution in [0.2, 0.25) is 0 Å². The van der Waals surface area contributed by atoms with Gasteiger partial charge in [-0.1, -0.05) is 12.1 Å². The topological polar surface area (TPSA) is 59.6 Å². The molecule has 20 heavy (non-hydrogen) atoms. The van der Waals surface area contributed by atoms with E-state index in [4.69, 9.17) is 9.47 Å². The fourth-order valence-corrected chi connectivity index (χ4v) is 2.31. The highest BCUT2D eigenvalue weighted by Gasteiger charge is 2.13. The largest absolute Gasteiger partial charge is 0.493 e. The van der Waals surface area contributed by atoms with Gasteiger partial charge in [0, 0.05) is 26.1 Å². The molecular formula is C15H22N2O3. The van der Waals surface area contributed by atoms with Gasteiger partial charge in [0.1, 0.15) is 5.75 Å². The van der Waals surface area contributed by atoms with E-state index in [1.54, 1.807) is 7.11 Å². The lowest BCUT2D eigenvalue weighted by Crippen LogP contribution is -2.42. The molecule has 1 aliphatic rings. The molecule has 0 saturated heterocycles. The maximum atomic E-state index is 11.6. The Morgan fingerprint density at radius 3 is 3.15 bits per heavy atom. The zero-order valence-corrected chi connectivity index (χ0v) is 12.1. The molecular weight excluding hydrogens is 256 g/mol. The van der Waals surface area contributed by atoms with Crippen molar-refractivity contribution in [2.24, 2.45) is 0 Å². The summed E-state index contributed by atoms with van der Waals surface area (Å²) in [6, 6.07) is 6.18. The zero-order valence-electron chi connectivity index (χ0n) is 12.1. The molecule has 2 N–H and O–H groups in total. The third-order valence-corrected chi connectivity index (χ3v) is 3.26. The number of rotatable bonds is 6. The van der Waals surface area contributed by atoms with E-state index in [9.17, 15) is 4.79 Å². The highest BCUT2D eigenvalue weighted by molar-refractivity contribution is 5.74. The van der Waals surface area contributed by atoms with E-state index in [1.807, 2.05) is 13.0 Å². The first kappa shape index (κ1) is 14.7. The maximum Gasteiger partial charge on any atom is 0.315 e. The number of carbonyl (C=O) groups is 1. The lowest BCUT2D eigenvalue weighted by Gasteiger charge is -2.15. The van der Waals surface area contributed by atoms with Gasteiger partial charge in [-0.15, -0.1) is 0 Å². The van der Waals surface area contributed by atoms with Crippen molar-refractivity contribution in [3.63, 3.8) is 0 Å². The van der Waals surface area contributed by atoms with Gasteiger partial charge < -0.3 is 20.1 Å². The molecule has 5 heteroatoms. The molecule has 0 aromatic heterocycles. The molecule has 0 spiro atoms. The Hall–Kier alpha value is -1.75. The SMILES string of the molecule is COCCNC(=O)NC(C)Cc1ccc2c(c1)CCO2. The summed E-state index contributed by atoms with van der Waals surface area (Å²) in [4.78, 5) is 11.6. The van der Waals surface area contributed by atoms with Crippen LogP contribution in [-0.2, 0) is 17.6 Å². The number of urea groups is 1. The summed E-state index contributed by atoms with van der Waals surface area (Å²) in [7, 11) is 1.61. The van der Waals surface area contributed by atoms with Crippen molar-refractivity contribution in [3.05, 3.63) is 29.3 Å². The Balaban J connectivity index is 1.79. The second-order valence-corrected chi connectivity index (χ2v) is 5.04. The van der Waals surface area contributed by atoms with Crippen LogP contribution in [-0.4, -0.2) is 38.9 Å². The molecule has 1 aromatic carbocycles. The van der Waals surface area contributed by atoms with Crippen molar-refractivity contribution >= 4 is 6.03 Å². The number of benzene rings is 1. The number of carbonyl (C=O) groups excluding carboxylic acids is 1. The van der Waals surface area contributed by atoms with Crippen molar-refractivity contribution in [1.82, 2.24) is 10.6 Å². The second kappa shape index (κ2) is 7.14. The van der Waals surface area contributed by atoms with Gasteiger partial charge in [0.2, 0.25) is 0 Å². The Morgan fingerprint density at radius 1 is 1.50 bits per heavy atom. The number of nitrogens with one attached hydrogen (secondary N) is 2. The van der Waals surface area contributed by atoms with Gasteiger partial charge in [0.25, 0.3) is 0 Å². The maximum absolute atomic E-state index is 11.6. The summed E-state index contributed by atoms with van der Waals surface area (Å²) in [5.41, 5.74) is 2.48. The van der Waals surface area contributed by atoms with Crippen LogP contribution in [0.1, 0.15) is 18.1 Å². The Morgan fingerprint density at radius 2 is 2.35 bits per heavy atom. The van der Waals surface area contributed by atoms with Crippen LogP contribution in [0, 0.1) is 0 Å². The van der Waals surface area contributed by atoms with Crippen LogP contribution >= 0.6 is 0 Å². The molecule has 0 fully saturated rings. The first-order chi connectivity index (χ1) is 9.69. The van der Waals surface area contributed by atoms with E-state index in [2.05, 4.69) is 22.8 Å². The van der Waals surface area contributed by atoms with Crippen molar-refractivity contribution in [2.45, 2.75) is 25.8 Å². The summed E-state index contributed by atoms with van der Waals surface area (Å²) in [6.07, 6.45) is 1.79. The molecule has 2 rings (SSSR count). The minimum absolute atomic E-state index is 0.0814. The molecule has 1 unspecified atom stereocenters. The Kier molecular flexibility index (Phi) is 5.24. The molecule has 0 aliphatic carbocycles. The third kappa shape index (κ3) is 4.13. The molecule has 0 bridgehead atoms. The van der Waals surface area contributed by atoms with E-state index in [-0.39, 0.29) is 12.1 Å². The number of amides is 2. The van der Waals surface area contributed by atoms with E-state index in [0.29, 0.717) is 13.2 Å². The third-order valence-electron chi connectivity index (χ3n) is 3.26. The highest BCUT2D eigenvalue weighted by atomic mass is 16.5. The monoisotopic (exact) mass is 278 g/mol. The number of hydrogen-bond acceptors (Lipinski definition) is 3. The normalized spacial score (nSPS) is 14.3. The predicted octanol–water partition coefficient (Wildman–Crippen LogP) is 1.50. The molecule has 1 atom stereocenters. The molecule has 1 aliphatic heterocycles. The lowest BCUT2D eigenvalue weighted by atomic mass is 10.0. The van der Waals surface area contributed by atoms with Crippen LogP contribution in [0.3, 0.4) is 0 Å². The van der Waals surface area contributed by atoms with Crippen LogP contribution in [0.15, 0.2) is 18.2 Å². The van der Waals surface area contributed by atoms with E-state index >= 15 is 0 Å². The predicted molar refractivity (Wildman–Crippen MR) is 77.2 cm³/mol. The van der Waals surface area contributed by atoms with E-state index < -0.39 is 0 Å². The minimum Gasteiger partial charge on any atom is -0.493 e. The van der Waals surface area contributed by atoms with Crippen LogP contribution in [0.25, 0.3) is 0 Å². The average Bonchev–Trinajstić information content (AvgIpc) is 2.86. The highest BCUT2D eigenvalue weighted by Crippen LogP contribution is 2.26. The fourth-order valence-electron chi connectivity index (χ4n) is 2.31. The molecule has 5 nitrogen and oxygen atoms in total. The minimum atomic E-state index is -0.154. The van der Waals surface area contributed by atoms with Crippen LogP contribution in [0.4, 0.5) is 4.79 Å². The summed E-state index contributed by atoms with van der Waals surface area (Å²) in [5, 5.41) is 5.67. The van der Waals surface area contributed by atoms with E-state index in [1.165, 1.54) is 11.1 Å². The molecule has 1 heterocycles. The molecule has 0 radical (unpaired) electrons. The van der Waals surface area contributed by atoms with Gasteiger partial charge in [0.05, 0.1) is 13.2 Å². The Bertz CT molecular complexity index is 462. The van der Waals surface area contributed by atoms with Crippen molar-refractivity contribution < 1.29 is 14.3 Å². The van der Waals surface area contributed by atoms with Gasteiger partial charge in [-0.25, -0.2) is 4.79 Å². The summed E-state index contributed by atoms with van der Waals surface area (Å²) < 4.78 is 10.4. The molecule has 1 aromatic rings. The van der Waals surface area contributed by atoms with Gasteiger partial charge in [-0.3, -0.25) is 0 Å².